The number of carboxylic acid groups (broad SMARTS) is 1. The van der Waals surface area contributed by atoms with E-state index in [4.69, 9.17) is 22.9 Å². The summed E-state index contributed by atoms with van der Waals surface area (Å²) in [6, 6.07) is 15.0. The molecule has 0 bridgehead atoms. The maximum Gasteiger partial charge on any atom is 0.328 e. The van der Waals surface area contributed by atoms with Crippen molar-refractivity contribution in [1.82, 2.24) is 52.8 Å². The number of aliphatic hydroxyl groups is 2. The molecule has 0 saturated carbocycles. The van der Waals surface area contributed by atoms with Gasteiger partial charge in [-0.2, -0.15) is 11.8 Å². The van der Waals surface area contributed by atoms with Gasteiger partial charge in [0.25, 0.3) is 0 Å². The molecule has 0 radical (unpaired) electrons. The van der Waals surface area contributed by atoms with Crippen LogP contribution in [-0.4, -0.2) is 189 Å². The molecule has 4 aromatic carbocycles. The molecular weight excluding hydrogens is 1230 g/mol. The minimum Gasteiger partial charge on any atom is -0.508 e. The lowest BCUT2D eigenvalue weighted by Gasteiger charge is -2.28. The Labute approximate surface area is 539 Å². The zero-order valence-corrected chi connectivity index (χ0v) is 52.0. The number of nitrogens with zero attached hydrogens (tertiary/aromatic N) is 1. The molecule has 31 heteroatoms. The number of phenolic OH excluding ortho intramolecular Hbond substituents is 1. The zero-order valence-electron chi connectivity index (χ0n) is 51.2. The van der Waals surface area contributed by atoms with Crippen molar-refractivity contribution in [1.29, 1.82) is 0 Å². The van der Waals surface area contributed by atoms with Crippen LogP contribution >= 0.6 is 11.8 Å². The summed E-state index contributed by atoms with van der Waals surface area (Å²) in [5.41, 5.74) is 25.0. The summed E-state index contributed by atoms with van der Waals surface area (Å²) in [7, 11) is 0. The molecule has 1 aromatic heterocycles. The number of carbonyl (C=O) groups is 11. The van der Waals surface area contributed by atoms with Crippen LogP contribution in [0.2, 0.25) is 0 Å². The van der Waals surface area contributed by atoms with Gasteiger partial charge in [0.1, 0.15) is 60.1 Å². The van der Waals surface area contributed by atoms with E-state index < -0.39 is 145 Å². The minimum atomic E-state index is -1.90. The van der Waals surface area contributed by atoms with E-state index in [-0.39, 0.29) is 63.2 Å². The summed E-state index contributed by atoms with van der Waals surface area (Å²) in [5.74, 6) is -11.6. The fourth-order valence-corrected chi connectivity index (χ4v) is 10.1. The smallest absolute Gasteiger partial charge is 0.328 e. The van der Waals surface area contributed by atoms with Gasteiger partial charge in [-0.05, 0) is 78.6 Å². The van der Waals surface area contributed by atoms with Gasteiger partial charge in [0, 0.05) is 49.3 Å². The predicted octanol–water partition coefficient (Wildman–Crippen LogP) is -3.39. The highest BCUT2D eigenvalue weighted by molar-refractivity contribution is 7.98. The first kappa shape index (κ1) is 73.6. The number of primary amides is 1. The highest BCUT2D eigenvalue weighted by Crippen LogP contribution is 2.21. The molecule has 1 heterocycles. The number of aliphatic carboxylic acids is 1. The van der Waals surface area contributed by atoms with Gasteiger partial charge in [0.2, 0.25) is 59.1 Å². The lowest BCUT2D eigenvalue weighted by Crippen LogP contribution is -2.62. The number of hydrogen-bond donors (Lipinski definition) is 18. The van der Waals surface area contributed by atoms with Gasteiger partial charge in [-0.15, -0.1) is 0 Å². The molecule has 0 aliphatic rings. The number of nitrogens with one attached hydrogen (secondary N) is 10. The van der Waals surface area contributed by atoms with Gasteiger partial charge in [-0.3, -0.25) is 52.9 Å². The molecular formula is C62H81N15O15S. The number of para-hydroxylation sites is 1. The molecule has 0 aliphatic heterocycles. The Morgan fingerprint density at radius 3 is 1.48 bits per heavy atom. The molecule has 0 spiro atoms. The van der Waals surface area contributed by atoms with Crippen LogP contribution in [-0.2, 0) is 78.4 Å². The molecule has 93 heavy (non-hydrogen) atoms. The second-order valence-corrected chi connectivity index (χ2v) is 22.7. The first-order valence-corrected chi connectivity index (χ1v) is 31.0. The normalized spacial score (nSPS) is 14.2. The third-order valence-corrected chi connectivity index (χ3v) is 15.1. The summed E-state index contributed by atoms with van der Waals surface area (Å²) in [4.78, 5) is 159. The number of aromatic amines is 1. The van der Waals surface area contributed by atoms with Crippen LogP contribution < -0.4 is 70.8 Å². The lowest BCUT2D eigenvalue weighted by atomic mass is 10.0. The van der Waals surface area contributed by atoms with Gasteiger partial charge < -0.3 is 96.2 Å². The first-order chi connectivity index (χ1) is 44.4. The Morgan fingerprint density at radius 2 is 0.978 bits per heavy atom. The molecule has 10 atom stereocenters. The Hall–Kier alpha value is -10.1. The Balaban J connectivity index is 1.46. The van der Waals surface area contributed by atoms with E-state index in [2.05, 4.69) is 57.8 Å². The topological polar surface area (TPSA) is 509 Å². The highest BCUT2D eigenvalue weighted by atomic mass is 32.2. The number of thioether (sulfide) groups is 1. The molecule has 0 saturated heterocycles. The minimum absolute atomic E-state index is 0.00367. The number of aliphatic hydroxyl groups excluding tert-OH is 2. The number of carboxylic acids is 1. The van der Waals surface area contributed by atoms with Crippen molar-refractivity contribution < 1.29 is 73.2 Å². The zero-order chi connectivity index (χ0) is 68.1. The van der Waals surface area contributed by atoms with Crippen molar-refractivity contribution in [3.8, 4) is 5.75 Å². The number of carbonyl (C=O) groups excluding carboxylic acids is 10. The van der Waals surface area contributed by atoms with E-state index in [1.165, 1.54) is 43.0 Å². The van der Waals surface area contributed by atoms with Crippen LogP contribution in [0.5, 0.6) is 5.75 Å². The first-order valence-electron chi connectivity index (χ1n) is 29.6. The van der Waals surface area contributed by atoms with E-state index in [0.717, 1.165) is 0 Å². The second-order valence-electron chi connectivity index (χ2n) is 21.7. The molecule has 5 rings (SSSR count). The number of nitrogens with two attached hydrogens (primary N) is 4. The van der Waals surface area contributed by atoms with Crippen molar-refractivity contribution in [2.45, 2.75) is 119 Å². The summed E-state index contributed by atoms with van der Waals surface area (Å²) < 4.78 is 0. The van der Waals surface area contributed by atoms with Gasteiger partial charge in [-0.1, -0.05) is 91.0 Å². The van der Waals surface area contributed by atoms with Gasteiger partial charge in [-0.25, -0.2) is 4.79 Å². The predicted molar refractivity (Wildman–Crippen MR) is 344 cm³/mol. The number of fused-ring (bicyclic) bond motifs is 1. The standard InChI is InChI=1S/C62H81N15O15S/c1-34(79)52(77-59(89)44(69-51(82)31-63)26-35-12-5-3-6-13-35)60(90)75-46(27-36-14-7-4-8-15-36)55(85)70-42(18-11-24-67-62(65)66)53(83)74-48(30-50(64)81)58(88)72-45(28-37-19-21-39(80)22-20-37)56(86)73-47(29-38-32-68-41-17-10-9-16-40(38)41)57(87)71-43(23-25-93-2)54(84)76-49(33-78)61(91)92/h3-10,12-17,19-22,32,34,42-49,52,68,78-80H,11,18,23-31,33,63H2,1-2H3,(H2,64,81)(H,69,82)(H,70,85)(H,71,87)(H,72,88)(H,73,86)(H,74,83)(H,75,90)(H,76,84)(H,77,89)(H,91,92)(H4,65,66,67)/t34-,42+,43+,44+,45+,46+,47+,48+,49+,52+/m1/s1. The van der Waals surface area contributed by atoms with Crippen molar-refractivity contribution >= 4 is 93.7 Å². The third-order valence-electron chi connectivity index (χ3n) is 14.5. The molecule has 0 aliphatic carbocycles. The quantitative estimate of drug-likeness (QED) is 0.0104. The largest absolute Gasteiger partial charge is 0.508 e. The van der Waals surface area contributed by atoms with Crippen LogP contribution in [0.1, 0.15) is 54.9 Å². The molecule has 500 valence electrons. The molecule has 5 aromatic rings. The number of aromatic nitrogens is 1. The maximum atomic E-state index is 14.9. The SMILES string of the molecule is CSCC[C@H](NC(=O)[C@H](Cc1c[nH]c2ccccc12)NC(=O)[C@H](Cc1ccc(O)cc1)NC(=O)[C@H](CC(N)=O)NC(=O)[C@H](CCCN=C(N)N)NC(=O)[C@H](Cc1ccccc1)NC(=O)[C@@H](NC(=O)[C@H](Cc1ccccc1)NC(=O)CN)[C@@H](C)O)C(=O)N[C@@H](CO)C(=O)O. The molecule has 0 unspecified atom stereocenters. The Kier molecular flexibility index (Phi) is 29.5. The lowest BCUT2D eigenvalue weighted by molar-refractivity contribution is -0.143. The van der Waals surface area contributed by atoms with Gasteiger partial charge in [0.05, 0.1) is 25.7 Å². The number of aromatic hydroxyl groups is 1. The van der Waals surface area contributed by atoms with E-state index >= 15 is 0 Å². The van der Waals surface area contributed by atoms with Crippen molar-refractivity contribution in [2.24, 2.45) is 27.9 Å². The van der Waals surface area contributed by atoms with Gasteiger partial charge >= 0.3 is 5.97 Å². The van der Waals surface area contributed by atoms with Gasteiger partial charge in [0.15, 0.2) is 5.96 Å². The van der Waals surface area contributed by atoms with Crippen LogP contribution in [0.25, 0.3) is 10.9 Å². The van der Waals surface area contributed by atoms with E-state index in [9.17, 15) is 73.2 Å². The Morgan fingerprint density at radius 1 is 0.538 bits per heavy atom. The fourth-order valence-electron chi connectivity index (χ4n) is 9.61. The highest BCUT2D eigenvalue weighted by Gasteiger charge is 2.37. The summed E-state index contributed by atoms with van der Waals surface area (Å²) >= 11 is 1.31. The number of hydrogen-bond acceptors (Lipinski definition) is 17. The molecule has 10 amide bonds. The number of amides is 10. The number of guanidine groups is 1. The van der Waals surface area contributed by atoms with Crippen LogP contribution in [0, 0.1) is 0 Å². The van der Waals surface area contributed by atoms with E-state index in [0.29, 0.717) is 38.9 Å². The fraction of sp³-hybridized carbons (Fsp3) is 0.387. The number of benzene rings is 4. The summed E-state index contributed by atoms with van der Waals surface area (Å²) in [6.07, 6.45) is -0.321. The third kappa shape index (κ3) is 24.2. The van der Waals surface area contributed by atoms with Crippen LogP contribution in [0.15, 0.2) is 120 Å². The number of aliphatic imine (C=N–C) groups is 1. The van der Waals surface area contributed by atoms with Crippen LogP contribution in [0.4, 0.5) is 0 Å². The summed E-state index contributed by atoms with van der Waals surface area (Å²) in [5, 5.41) is 63.6. The summed E-state index contributed by atoms with van der Waals surface area (Å²) in [6.45, 7) is -0.315. The monoisotopic (exact) mass is 1310 g/mol. The number of H-pyrrole nitrogens is 1. The van der Waals surface area contributed by atoms with E-state index in [1.807, 2.05) is 0 Å². The average molecular weight is 1310 g/mol. The second kappa shape index (κ2) is 37.3. The number of phenols is 1. The Bertz CT molecular complexity index is 3390. The van der Waals surface area contributed by atoms with Crippen molar-refractivity contribution in [2.75, 3.05) is 31.7 Å². The average Bonchev–Trinajstić information content (AvgIpc) is 1.78. The van der Waals surface area contributed by atoms with Crippen molar-refractivity contribution in [3.05, 3.63) is 138 Å². The van der Waals surface area contributed by atoms with Crippen molar-refractivity contribution in [3.63, 3.8) is 0 Å². The van der Waals surface area contributed by atoms with E-state index in [1.54, 1.807) is 97.4 Å². The maximum absolute atomic E-state index is 14.9. The molecule has 30 nitrogen and oxygen atoms in total. The molecule has 22 N–H and O–H groups in total. The molecule has 0 fully saturated rings. The number of rotatable bonds is 38. The van der Waals surface area contributed by atoms with Crippen LogP contribution in [0.3, 0.4) is 0 Å².